The zero-order valence-electron chi connectivity index (χ0n) is 12.8. The molecule has 0 aliphatic heterocycles. The Morgan fingerprint density at radius 3 is 2.62 bits per heavy atom. The van der Waals surface area contributed by atoms with Crippen LogP contribution in [-0.2, 0) is 22.6 Å². The number of hydrogen-bond donors (Lipinski definition) is 0. The van der Waals surface area contributed by atoms with Crippen molar-refractivity contribution in [2.24, 2.45) is 0 Å². The summed E-state index contributed by atoms with van der Waals surface area (Å²) in [5.74, 6) is 0.143. The van der Waals surface area contributed by atoms with Crippen molar-refractivity contribution >= 4 is 17.6 Å². The Balaban J connectivity index is 1.56. The summed E-state index contributed by atoms with van der Waals surface area (Å²) in [6, 6.07) is 16.9. The summed E-state index contributed by atoms with van der Waals surface area (Å²) < 4.78 is 6.81. The summed E-state index contributed by atoms with van der Waals surface area (Å²) in [4.78, 5) is 11.9. The van der Waals surface area contributed by atoms with Crippen molar-refractivity contribution in [3.63, 3.8) is 0 Å². The fraction of sp³-hybridized carbons (Fsp3) is 0.176. The number of para-hydroxylation sites is 1. The van der Waals surface area contributed by atoms with Gasteiger partial charge in [0.25, 0.3) is 0 Å². The zero-order chi connectivity index (χ0) is 16.8. The average Bonchev–Trinajstić information content (AvgIpc) is 3.08. The second kappa shape index (κ2) is 7.70. The van der Waals surface area contributed by atoms with Crippen molar-refractivity contribution in [2.45, 2.75) is 19.4 Å². The van der Waals surface area contributed by atoms with E-state index in [4.69, 9.17) is 16.3 Å². The molecule has 0 saturated carbocycles. The molecule has 1 heterocycles. The molecule has 0 N–H and O–H groups in total. The van der Waals surface area contributed by atoms with Crippen LogP contribution in [0.4, 0.5) is 0 Å². The minimum Gasteiger partial charge on any atom is -0.457 e. The number of carbonyl (C=O) groups excluding carboxylic acids is 1. The lowest BCUT2D eigenvalue weighted by molar-refractivity contribution is -0.145. The summed E-state index contributed by atoms with van der Waals surface area (Å²) in [5.41, 5.74) is 1.73. The largest absolute Gasteiger partial charge is 0.457 e. The van der Waals surface area contributed by atoms with Gasteiger partial charge in [0.2, 0.25) is 0 Å². The standard InChI is InChI=1S/C17H15ClN4O2/c18-15-9-5-4-6-13(15)10-11-17(23)24-12-16-19-20-21-22(16)14-7-2-1-3-8-14/h1-9H,10-12H2. The van der Waals surface area contributed by atoms with E-state index in [1.807, 2.05) is 48.5 Å². The van der Waals surface area contributed by atoms with Gasteiger partial charge >= 0.3 is 5.97 Å². The topological polar surface area (TPSA) is 69.9 Å². The molecular formula is C17H15ClN4O2. The Bertz CT molecular complexity index is 820. The van der Waals surface area contributed by atoms with E-state index in [-0.39, 0.29) is 19.0 Å². The number of rotatable bonds is 6. The molecule has 3 aromatic rings. The number of esters is 1. The van der Waals surface area contributed by atoms with E-state index in [2.05, 4.69) is 15.5 Å². The van der Waals surface area contributed by atoms with E-state index in [1.54, 1.807) is 10.7 Å². The van der Waals surface area contributed by atoms with Crippen molar-refractivity contribution in [1.29, 1.82) is 0 Å². The quantitative estimate of drug-likeness (QED) is 0.644. The molecule has 0 amide bonds. The van der Waals surface area contributed by atoms with Gasteiger partial charge in [0.05, 0.1) is 5.69 Å². The zero-order valence-corrected chi connectivity index (χ0v) is 13.6. The van der Waals surface area contributed by atoms with Crippen LogP contribution >= 0.6 is 11.6 Å². The van der Waals surface area contributed by atoms with Gasteiger partial charge in [0, 0.05) is 11.4 Å². The highest BCUT2D eigenvalue weighted by Gasteiger charge is 2.11. The molecule has 0 aliphatic carbocycles. The number of benzene rings is 2. The highest BCUT2D eigenvalue weighted by Crippen LogP contribution is 2.17. The van der Waals surface area contributed by atoms with Gasteiger partial charge < -0.3 is 4.74 Å². The van der Waals surface area contributed by atoms with Gasteiger partial charge in [-0.25, -0.2) is 0 Å². The number of carbonyl (C=O) groups is 1. The van der Waals surface area contributed by atoms with E-state index in [0.29, 0.717) is 17.3 Å². The lowest BCUT2D eigenvalue weighted by Crippen LogP contribution is -2.10. The van der Waals surface area contributed by atoms with Crippen LogP contribution in [0.1, 0.15) is 17.8 Å². The van der Waals surface area contributed by atoms with Gasteiger partial charge in [0.1, 0.15) is 0 Å². The molecule has 0 unspecified atom stereocenters. The summed E-state index contributed by atoms with van der Waals surface area (Å²) in [5, 5.41) is 12.1. The second-order valence-electron chi connectivity index (χ2n) is 5.09. The number of tetrazole rings is 1. The second-order valence-corrected chi connectivity index (χ2v) is 5.50. The molecule has 0 atom stereocenters. The van der Waals surface area contributed by atoms with Gasteiger partial charge in [-0.3, -0.25) is 4.79 Å². The van der Waals surface area contributed by atoms with Crippen LogP contribution in [-0.4, -0.2) is 26.2 Å². The molecule has 0 fully saturated rings. The summed E-state index contributed by atoms with van der Waals surface area (Å²) >= 11 is 6.07. The maximum absolute atomic E-state index is 11.9. The first kappa shape index (κ1) is 16.1. The number of aromatic nitrogens is 4. The molecule has 7 heteroatoms. The number of ether oxygens (including phenoxy) is 1. The van der Waals surface area contributed by atoms with Crippen LogP contribution in [0.3, 0.4) is 0 Å². The van der Waals surface area contributed by atoms with Gasteiger partial charge in [0.15, 0.2) is 12.4 Å². The molecular weight excluding hydrogens is 328 g/mol. The molecule has 3 rings (SSSR count). The first-order valence-corrected chi connectivity index (χ1v) is 7.83. The van der Waals surface area contributed by atoms with Gasteiger partial charge in [-0.15, -0.1) is 5.10 Å². The van der Waals surface area contributed by atoms with Crippen LogP contribution in [0.2, 0.25) is 5.02 Å². The van der Waals surface area contributed by atoms with Crippen LogP contribution in [0.5, 0.6) is 0 Å². The highest BCUT2D eigenvalue weighted by atomic mass is 35.5. The van der Waals surface area contributed by atoms with Gasteiger partial charge in [-0.1, -0.05) is 48.0 Å². The molecule has 0 bridgehead atoms. The first-order valence-electron chi connectivity index (χ1n) is 7.46. The molecule has 0 spiro atoms. The van der Waals surface area contributed by atoms with Crippen LogP contribution in [0.25, 0.3) is 5.69 Å². The molecule has 122 valence electrons. The van der Waals surface area contributed by atoms with Crippen molar-refractivity contribution in [3.8, 4) is 5.69 Å². The first-order chi connectivity index (χ1) is 11.7. The lowest BCUT2D eigenvalue weighted by Gasteiger charge is -2.06. The van der Waals surface area contributed by atoms with Crippen molar-refractivity contribution in [3.05, 3.63) is 71.0 Å². The maximum atomic E-state index is 11.9. The number of nitrogens with zero attached hydrogens (tertiary/aromatic N) is 4. The van der Waals surface area contributed by atoms with E-state index in [0.717, 1.165) is 11.3 Å². The third-order valence-electron chi connectivity index (χ3n) is 3.45. The average molecular weight is 343 g/mol. The van der Waals surface area contributed by atoms with Crippen molar-refractivity contribution in [2.75, 3.05) is 0 Å². The van der Waals surface area contributed by atoms with Gasteiger partial charge in [-0.05, 0) is 40.6 Å². The Labute approximate surface area is 144 Å². The summed E-state index contributed by atoms with van der Waals surface area (Å²) in [6.07, 6.45) is 0.777. The lowest BCUT2D eigenvalue weighted by atomic mass is 10.1. The van der Waals surface area contributed by atoms with Crippen molar-refractivity contribution in [1.82, 2.24) is 20.2 Å². The number of hydrogen-bond acceptors (Lipinski definition) is 5. The third-order valence-corrected chi connectivity index (χ3v) is 3.82. The molecule has 1 aromatic heterocycles. The molecule has 0 radical (unpaired) electrons. The molecule has 0 aliphatic rings. The number of halogens is 1. The number of aryl methyl sites for hydroxylation is 1. The molecule has 2 aromatic carbocycles. The normalized spacial score (nSPS) is 10.5. The van der Waals surface area contributed by atoms with E-state index in [1.165, 1.54) is 0 Å². The molecule has 24 heavy (non-hydrogen) atoms. The summed E-state index contributed by atoms with van der Waals surface area (Å²) in [6.45, 7) is 0.0171. The van der Waals surface area contributed by atoms with Crippen LogP contribution in [0, 0.1) is 0 Å². The third kappa shape index (κ3) is 3.97. The Morgan fingerprint density at radius 1 is 1.08 bits per heavy atom. The van der Waals surface area contributed by atoms with Gasteiger partial charge in [-0.2, -0.15) is 4.68 Å². The Kier molecular flexibility index (Phi) is 5.18. The minimum absolute atomic E-state index is 0.0171. The Hall–Kier alpha value is -2.73. The van der Waals surface area contributed by atoms with E-state index < -0.39 is 0 Å². The minimum atomic E-state index is -0.322. The Morgan fingerprint density at radius 2 is 1.83 bits per heavy atom. The smallest absolute Gasteiger partial charge is 0.306 e. The fourth-order valence-corrected chi connectivity index (χ4v) is 2.45. The fourth-order valence-electron chi connectivity index (χ4n) is 2.22. The highest BCUT2D eigenvalue weighted by molar-refractivity contribution is 6.31. The SMILES string of the molecule is O=C(CCc1ccccc1Cl)OCc1nnnn1-c1ccccc1. The predicted octanol–water partition coefficient (Wildman–Crippen LogP) is 2.99. The van der Waals surface area contributed by atoms with Crippen molar-refractivity contribution < 1.29 is 9.53 Å². The van der Waals surface area contributed by atoms with E-state index in [9.17, 15) is 4.79 Å². The predicted molar refractivity (Wildman–Crippen MR) is 88.7 cm³/mol. The maximum Gasteiger partial charge on any atom is 0.306 e. The molecule has 0 saturated heterocycles. The van der Waals surface area contributed by atoms with E-state index >= 15 is 0 Å². The summed E-state index contributed by atoms with van der Waals surface area (Å²) in [7, 11) is 0. The van der Waals surface area contributed by atoms with Crippen LogP contribution < -0.4 is 0 Å². The van der Waals surface area contributed by atoms with Crippen LogP contribution in [0.15, 0.2) is 54.6 Å². The molecule has 6 nitrogen and oxygen atoms in total. The monoisotopic (exact) mass is 342 g/mol.